The summed E-state index contributed by atoms with van der Waals surface area (Å²) in [4.78, 5) is 91.2. The molecule has 0 spiro atoms. The van der Waals surface area contributed by atoms with Crippen LogP contribution >= 0.6 is 23.4 Å². The molecule has 52 heavy (non-hydrogen) atoms. The average Bonchev–Trinajstić information content (AvgIpc) is 3.15. The van der Waals surface area contributed by atoms with Gasteiger partial charge in [0.15, 0.2) is 11.5 Å². The summed E-state index contributed by atoms with van der Waals surface area (Å²) in [5, 5.41) is 14.2. The molecule has 16 nitrogen and oxygen atoms in total. The molecule has 3 atom stereocenters. The third-order valence-corrected chi connectivity index (χ3v) is 9.59. The summed E-state index contributed by atoms with van der Waals surface area (Å²) in [6.45, 7) is 0. The van der Waals surface area contributed by atoms with E-state index in [1.807, 2.05) is 0 Å². The van der Waals surface area contributed by atoms with Crippen molar-refractivity contribution in [2.24, 2.45) is 0 Å². The van der Waals surface area contributed by atoms with Crippen LogP contribution in [0.1, 0.15) is 32.3 Å². The minimum atomic E-state index is -1.36. The second-order valence-corrected chi connectivity index (χ2v) is 12.5. The van der Waals surface area contributed by atoms with E-state index >= 15 is 0 Å². The molecule has 0 aromatic heterocycles. The third kappa shape index (κ3) is 7.64. The van der Waals surface area contributed by atoms with E-state index in [0.29, 0.717) is 11.3 Å². The number of thioether (sulfide) groups is 1. The number of anilines is 1. The third-order valence-electron chi connectivity index (χ3n) is 7.84. The summed E-state index contributed by atoms with van der Waals surface area (Å²) in [6, 6.07) is 15.7. The number of carboxylic acids is 1. The molecule has 2 heterocycles. The summed E-state index contributed by atoms with van der Waals surface area (Å²) in [6.07, 6.45) is -2.31. The molecule has 270 valence electrons. The van der Waals surface area contributed by atoms with E-state index in [-0.39, 0.29) is 33.4 Å². The topological polar surface area (TPSA) is 207 Å². The number of methoxy groups -OCH3 is 2. The van der Waals surface area contributed by atoms with Crippen molar-refractivity contribution in [2.75, 3.05) is 31.9 Å². The summed E-state index contributed by atoms with van der Waals surface area (Å²) in [5.74, 6) is -4.63. The molecule has 3 aromatic carbocycles. The van der Waals surface area contributed by atoms with E-state index in [0.717, 1.165) is 19.1 Å². The highest BCUT2D eigenvalue weighted by Gasteiger charge is 2.54. The smallest absolute Gasteiger partial charge is 0.477 e. The standard InChI is InChI=1S/C34H29ClN4O12S/c1-38(29(42)20-10-7-11-22(50-33(46)48-2)26(20)51-34(47)49-3)19-14-12-18(13-15-19)27(40)36-23(17-8-5-4-6-9-17)28(41)37-24-30(43)39-25(32(44)45)21(35)16-52-31(24)39/h4-15,23-24,31H,16H2,1-3H3,(H,36,40)(H,37,41)(H,44,45)/t23-,24-,31?/m1/s1. The maximum atomic E-state index is 13.6. The van der Waals surface area contributed by atoms with Gasteiger partial charge >= 0.3 is 18.3 Å². The number of aliphatic carboxylic acids is 1. The zero-order valence-corrected chi connectivity index (χ0v) is 29.1. The fourth-order valence-corrected chi connectivity index (χ4v) is 6.79. The molecule has 2 aliphatic heterocycles. The molecule has 2 aliphatic rings. The Bertz CT molecular complexity index is 1970. The number of para-hydroxylation sites is 1. The number of halogens is 1. The minimum absolute atomic E-state index is 0.0136. The Balaban J connectivity index is 1.32. The molecule has 1 fully saturated rings. The number of amides is 4. The number of carbonyl (C=O) groups is 7. The molecule has 3 N–H and O–H groups in total. The van der Waals surface area contributed by atoms with Gasteiger partial charge in [-0.2, -0.15) is 0 Å². The molecular formula is C34H29ClN4O12S. The number of fused-ring (bicyclic) bond motifs is 1. The first-order chi connectivity index (χ1) is 24.9. The molecular weight excluding hydrogens is 724 g/mol. The van der Waals surface area contributed by atoms with E-state index in [2.05, 4.69) is 20.1 Å². The van der Waals surface area contributed by atoms with Crippen molar-refractivity contribution in [1.82, 2.24) is 15.5 Å². The molecule has 1 unspecified atom stereocenters. The van der Waals surface area contributed by atoms with Crippen LogP contribution < -0.4 is 25.0 Å². The highest BCUT2D eigenvalue weighted by atomic mass is 35.5. The van der Waals surface area contributed by atoms with Gasteiger partial charge in [0.05, 0.1) is 24.8 Å². The van der Waals surface area contributed by atoms with Crippen LogP contribution in [0.2, 0.25) is 0 Å². The zero-order valence-electron chi connectivity index (χ0n) is 27.5. The number of benzene rings is 3. The number of hydrogen-bond donors (Lipinski definition) is 3. The molecule has 0 aliphatic carbocycles. The second kappa shape index (κ2) is 15.9. The van der Waals surface area contributed by atoms with E-state index in [9.17, 15) is 38.7 Å². The van der Waals surface area contributed by atoms with Gasteiger partial charge in [0.1, 0.15) is 23.2 Å². The van der Waals surface area contributed by atoms with Crippen molar-refractivity contribution in [2.45, 2.75) is 17.5 Å². The van der Waals surface area contributed by atoms with E-state index in [1.54, 1.807) is 30.3 Å². The first-order valence-electron chi connectivity index (χ1n) is 15.1. The first-order valence-corrected chi connectivity index (χ1v) is 16.5. The Morgan fingerprint density at radius 2 is 1.58 bits per heavy atom. The zero-order chi connectivity index (χ0) is 37.7. The van der Waals surface area contributed by atoms with Gasteiger partial charge in [0.25, 0.3) is 17.7 Å². The SMILES string of the molecule is COC(=O)Oc1cccc(C(=O)N(C)c2ccc(C(=O)N[C@@H](C(=O)N[C@@H]3C(=O)N4C(C(=O)O)=C(Cl)CSC34)c3ccccc3)cc2)c1OC(=O)OC. The lowest BCUT2D eigenvalue weighted by Crippen LogP contribution is -2.71. The largest absolute Gasteiger partial charge is 0.513 e. The van der Waals surface area contributed by atoms with Gasteiger partial charge in [-0.05, 0) is 42.0 Å². The number of nitrogens with zero attached hydrogens (tertiary/aromatic N) is 2. The van der Waals surface area contributed by atoms with Crippen molar-refractivity contribution in [1.29, 1.82) is 0 Å². The molecule has 0 radical (unpaired) electrons. The Hall–Kier alpha value is -6.07. The fourth-order valence-electron chi connectivity index (χ4n) is 5.24. The second-order valence-electron chi connectivity index (χ2n) is 10.9. The molecule has 4 amide bonds. The average molecular weight is 753 g/mol. The molecule has 0 saturated carbocycles. The van der Waals surface area contributed by atoms with Crippen molar-refractivity contribution >= 4 is 71.0 Å². The number of hydrogen-bond acceptors (Lipinski definition) is 12. The highest BCUT2D eigenvalue weighted by molar-refractivity contribution is 8.00. The van der Waals surface area contributed by atoms with Crippen LogP contribution in [-0.4, -0.2) is 90.4 Å². The number of rotatable bonds is 10. The van der Waals surface area contributed by atoms with Crippen LogP contribution in [0.15, 0.2) is 83.5 Å². The van der Waals surface area contributed by atoms with Gasteiger partial charge in [-0.1, -0.05) is 48.0 Å². The lowest BCUT2D eigenvalue weighted by atomic mass is 10.0. The Morgan fingerprint density at radius 1 is 0.923 bits per heavy atom. The summed E-state index contributed by atoms with van der Waals surface area (Å²) in [7, 11) is 3.54. The lowest BCUT2D eigenvalue weighted by molar-refractivity contribution is -0.150. The summed E-state index contributed by atoms with van der Waals surface area (Å²) >= 11 is 7.25. The van der Waals surface area contributed by atoms with Crippen molar-refractivity contribution < 1.29 is 57.6 Å². The minimum Gasteiger partial charge on any atom is -0.477 e. The van der Waals surface area contributed by atoms with Crippen molar-refractivity contribution in [3.63, 3.8) is 0 Å². The maximum Gasteiger partial charge on any atom is 0.513 e. The maximum absolute atomic E-state index is 13.6. The van der Waals surface area contributed by atoms with Gasteiger partial charge in [-0.15, -0.1) is 11.8 Å². The lowest BCUT2D eigenvalue weighted by Gasteiger charge is -2.49. The number of carboxylic acid groups (broad SMARTS) is 1. The van der Waals surface area contributed by atoms with Gasteiger partial charge in [0.2, 0.25) is 5.91 Å². The number of nitrogens with one attached hydrogen (secondary N) is 2. The Morgan fingerprint density at radius 3 is 2.21 bits per heavy atom. The Labute approximate surface area is 304 Å². The van der Waals surface area contributed by atoms with Gasteiger partial charge < -0.3 is 39.6 Å². The number of carbonyl (C=O) groups excluding carboxylic acids is 6. The molecule has 0 bridgehead atoms. The van der Waals surface area contributed by atoms with Crippen molar-refractivity contribution in [3.8, 4) is 11.5 Å². The van der Waals surface area contributed by atoms with Gasteiger partial charge in [0, 0.05) is 24.1 Å². The molecule has 5 rings (SSSR count). The van der Waals surface area contributed by atoms with E-state index in [4.69, 9.17) is 21.1 Å². The van der Waals surface area contributed by atoms with Gasteiger partial charge in [-0.25, -0.2) is 14.4 Å². The van der Waals surface area contributed by atoms with Crippen LogP contribution in [0.3, 0.4) is 0 Å². The number of ether oxygens (including phenoxy) is 4. The summed E-state index contributed by atoms with van der Waals surface area (Å²) < 4.78 is 19.2. The summed E-state index contributed by atoms with van der Waals surface area (Å²) in [5.41, 5.74) is 0.315. The van der Waals surface area contributed by atoms with E-state index < -0.39 is 65.1 Å². The van der Waals surface area contributed by atoms with Crippen LogP contribution in [0.4, 0.5) is 15.3 Å². The monoisotopic (exact) mass is 752 g/mol. The van der Waals surface area contributed by atoms with E-state index in [1.165, 1.54) is 66.2 Å². The van der Waals surface area contributed by atoms with Crippen LogP contribution in [0, 0.1) is 0 Å². The number of β-lactam (4-membered cyclic amide) rings is 1. The quantitative estimate of drug-likeness (QED) is 0.154. The predicted octanol–water partition coefficient (Wildman–Crippen LogP) is 3.66. The predicted molar refractivity (Wildman–Crippen MR) is 184 cm³/mol. The Kier molecular flexibility index (Phi) is 11.3. The molecule has 3 aromatic rings. The fraction of sp³-hybridized carbons (Fsp3) is 0.206. The van der Waals surface area contributed by atoms with Crippen LogP contribution in [0.5, 0.6) is 11.5 Å². The van der Waals surface area contributed by atoms with Gasteiger partial charge in [-0.3, -0.25) is 24.1 Å². The molecule has 18 heteroatoms. The van der Waals surface area contributed by atoms with Crippen LogP contribution in [-0.2, 0) is 23.9 Å². The normalized spacial score (nSPS) is 16.7. The van der Waals surface area contributed by atoms with Crippen LogP contribution in [0.25, 0.3) is 0 Å². The van der Waals surface area contributed by atoms with Crippen molar-refractivity contribution in [3.05, 3.63) is 100 Å². The first kappa shape index (κ1) is 37.2. The molecule has 1 saturated heterocycles. The highest BCUT2D eigenvalue weighted by Crippen LogP contribution is 2.41.